The van der Waals surface area contributed by atoms with Crippen molar-refractivity contribution in [2.75, 3.05) is 33.3 Å². The molecular formula is C13H26N2O4. The Hall–Kier alpha value is -1.14. The Labute approximate surface area is 115 Å². The van der Waals surface area contributed by atoms with Crippen LogP contribution in [-0.2, 0) is 14.3 Å². The van der Waals surface area contributed by atoms with E-state index in [1.165, 1.54) is 7.11 Å². The van der Waals surface area contributed by atoms with Gasteiger partial charge in [0, 0.05) is 19.5 Å². The Kier molecular flexibility index (Phi) is 8.34. The SMILES string of the molecule is CCN(CC(=O)NCCCC(=O)OC)CC(C)(C)O. The standard InChI is InChI=1S/C13H26N2O4/c1-5-15(10-13(2,3)18)9-11(16)14-8-6-7-12(17)19-4/h18H,5-10H2,1-4H3,(H,14,16). The van der Waals surface area contributed by atoms with Crippen LogP contribution in [0.4, 0.5) is 0 Å². The molecule has 6 nitrogen and oxygen atoms in total. The van der Waals surface area contributed by atoms with Crippen LogP contribution in [0.15, 0.2) is 0 Å². The van der Waals surface area contributed by atoms with Crippen LogP contribution in [-0.4, -0.2) is 60.8 Å². The number of amides is 1. The minimum Gasteiger partial charge on any atom is -0.469 e. The lowest BCUT2D eigenvalue weighted by Crippen LogP contribution is -2.44. The molecule has 1 amide bonds. The zero-order valence-electron chi connectivity index (χ0n) is 12.4. The fraction of sp³-hybridized carbons (Fsp3) is 0.846. The molecular weight excluding hydrogens is 248 g/mol. The van der Waals surface area contributed by atoms with Crippen LogP contribution in [0, 0.1) is 0 Å². The summed E-state index contributed by atoms with van der Waals surface area (Å²) >= 11 is 0. The van der Waals surface area contributed by atoms with Gasteiger partial charge in [-0.1, -0.05) is 6.92 Å². The van der Waals surface area contributed by atoms with Crippen LogP contribution in [0.5, 0.6) is 0 Å². The van der Waals surface area contributed by atoms with Crippen LogP contribution < -0.4 is 5.32 Å². The van der Waals surface area contributed by atoms with Crippen molar-refractivity contribution in [2.45, 2.75) is 39.2 Å². The van der Waals surface area contributed by atoms with E-state index in [0.29, 0.717) is 32.5 Å². The van der Waals surface area contributed by atoms with Crippen molar-refractivity contribution in [3.63, 3.8) is 0 Å². The van der Waals surface area contributed by atoms with Gasteiger partial charge in [-0.3, -0.25) is 14.5 Å². The number of hydrogen-bond donors (Lipinski definition) is 2. The molecule has 0 bridgehead atoms. The van der Waals surface area contributed by atoms with E-state index in [2.05, 4.69) is 10.1 Å². The van der Waals surface area contributed by atoms with Crippen LogP contribution in [0.2, 0.25) is 0 Å². The summed E-state index contributed by atoms with van der Waals surface area (Å²) in [6, 6.07) is 0. The van der Waals surface area contributed by atoms with Gasteiger partial charge in [-0.25, -0.2) is 0 Å². The van der Waals surface area contributed by atoms with Gasteiger partial charge in [-0.2, -0.15) is 0 Å². The second-order valence-corrected chi connectivity index (χ2v) is 5.15. The summed E-state index contributed by atoms with van der Waals surface area (Å²) in [6.45, 7) is 7.20. The van der Waals surface area contributed by atoms with E-state index in [0.717, 1.165) is 0 Å². The number of methoxy groups -OCH3 is 1. The molecule has 6 heteroatoms. The molecule has 0 aromatic rings. The molecule has 2 N–H and O–H groups in total. The number of esters is 1. The summed E-state index contributed by atoms with van der Waals surface area (Å²) < 4.78 is 4.51. The molecule has 0 saturated carbocycles. The molecule has 0 fully saturated rings. The summed E-state index contributed by atoms with van der Waals surface area (Å²) in [6.07, 6.45) is 0.869. The molecule has 0 atom stereocenters. The largest absolute Gasteiger partial charge is 0.469 e. The topological polar surface area (TPSA) is 78.9 Å². The van der Waals surface area contributed by atoms with E-state index in [9.17, 15) is 14.7 Å². The third-order valence-electron chi connectivity index (χ3n) is 2.53. The molecule has 0 aliphatic rings. The molecule has 0 rings (SSSR count). The number of carbonyl (C=O) groups is 2. The average Bonchev–Trinajstić information content (AvgIpc) is 2.31. The predicted molar refractivity (Wildman–Crippen MR) is 72.7 cm³/mol. The van der Waals surface area contributed by atoms with Gasteiger partial charge in [-0.05, 0) is 26.8 Å². The molecule has 0 aliphatic carbocycles. The second kappa shape index (κ2) is 8.87. The van der Waals surface area contributed by atoms with E-state index in [1.807, 2.05) is 11.8 Å². The Morgan fingerprint density at radius 1 is 1.37 bits per heavy atom. The van der Waals surface area contributed by atoms with Crippen molar-refractivity contribution in [1.29, 1.82) is 0 Å². The average molecular weight is 274 g/mol. The first-order chi connectivity index (χ1) is 8.78. The molecule has 19 heavy (non-hydrogen) atoms. The maximum Gasteiger partial charge on any atom is 0.305 e. The van der Waals surface area contributed by atoms with Crippen molar-refractivity contribution in [2.24, 2.45) is 0 Å². The minimum absolute atomic E-state index is 0.101. The van der Waals surface area contributed by atoms with Gasteiger partial charge in [0.15, 0.2) is 0 Å². The second-order valence-electron chi connectivity index (χ2n) is 5.15. The van der Waals surface area contributed by atoms with E-state index in [1.54, 1.807) is 13.8 Å². The number of likely N-dealkylation sites (N-methyl/N-ethyl adjacent to an activating group) is 1. The summed E-state index contributed by atoms with van der Waals surface area (Å²) in [5.41, 5.74) is -0.818. The van der Waals surface area contributed by atoms with Crippen LogP contribution in [0.25, 0.3) is 0 Å². The number of nitrogens with zero attached hydrogens (tertiary/aromatic N) is 1. The highest BCUT2D eigenvalue weighted by molar-refractivity contribution is 5.78. The summed E-state index contributed by atoms with van der Waals surface area (Å²) in [7, 11) is 1.34. The van der Waals surface area contributed by atoms with Gasteiger partial charge >= 0.3 is 5.97 Å². The first-order valence-corrected chi connectivity index (χ1v) is 6.56. The molecule has 0 aliphatic heterocycles. The van der Waals surface area contributed by atoms with Gasteiger partial charge in [0.1, 0.15) is 0 Å². The molecule has 0 unspecified atom stereocenters. The zero-order chi connectivity index (χ0) is 14.9. The molecule has 0 spiro atoms. The van der Waals surface area contributed by atoms with Crippen molar-refractivity contribution in [3.8, 4) is 0 Å². The molecule has 0 saturated heterocycles. The summed E-state index contributed by atoms with van der Waals surface area (Å²) in [5, 5.41) is 12.5. The Balaban J connectivity index is 3.86. The number of aliphatic hydroxyl groups is 1. The fourth-order valence-electron chi connectivity index (χ4n) is 1.65. The van der Waals surface area contributed by atoms with E-state index < -0.39 is 5.60 Å². The fourth-order valence-corrected chi connectivity index (χ4v) is 1.65. The molecule has 112 valence electrons. The normalized spacial score (nSPS) is 11.5. The zero-order valence-corrected chi connectivity index (χ0v) is 12.4. The van der Waals surface area contributed by atoms with Gasteiger partial charge in [-0.15, -0.1) is 0 Å². The highest BCUT2D eigenvalue weighted by Crippen LogP contribution is 2.04. The van der Waals surface area contributed by atoms with Crippen LogP contribution in [0.1, 0.15) is 33.6 Å². The molecule has 0 radical (unpaired) electrons. The minimum atomic E-state index is -0.818. The van der Waals surface area contributed by atoms with E-state index >= 15 is 0 Å². The van der Waals surface area contributed by atoms with Gasteiger partial charge in [0.05, 0.1) is 19.3 Å². The lowest BCUT2D eigenvalue weighted by Gasteiger charge is -2.27. The number of hydrogen-bond acceptors (Lipinski definition) is 5. The summed E-state index contributed by atoms with van der Waals surface area (Å²) in [5.74, 6) is -0.373. The van der Waals surface area contributed by atoms with Gasteiger partial charge in [0.2, 0.25) is 5.91 Å². The maximum atomic E-state index is 11.7. The quantitative estimate of drug-likeness (QED) is 0.462. The third-order valence-corrected chi connectivity index (χ3v) is 2.53. The van der Waals surface area contributed by atoms with Crippen molar-refractivity contribution in [3.05, 3.63) is 0 Å². The predicted octanol–water partition coefficient (Wildman–Crippen LogP) is 0.149. The van der Waals surface area contributed by atoms with Gasteiger partial charge < -0.3 is 15.2 Å². The van der Waals surface area contributed by atoms with Crippen LogP contribution in [0.3, 0.4) is 0 Å². The highest BCUT2D eigenvalue weighted by atomic mass is 16.5. The summed E-state index contributed by atoms with van der Waals surface area (Å²) in [4.78, 5) is 24.4. The Morgan fingerprint density at radius 2 is 2.00 bits per heavy atom. The van der Waals surface area contributed by atoms with E-state index in [4.69, 9.17) is 0 Å². The molecule has 0 heterocycles. The monoisotopic (exact) mass is 274 g/mol. The molecule has 0 aromatic carbocycles. The van der Waals surface area contributed by atoms with Crippen LogP contribution >= 0.6 is 0 Å². The number of rotatable bonds is 9. The number of ether oxygens (including phenoxy) is 1. The third kappa shape index (κ3) is 10.5. The smallest absolute Gasteiger partial charge is 0.305 e. The first kappa shape index (κ1) is 17.9. The van der Waals surface area contributed by atoms with Gasteiger partial charge in [0.25, 0.3) is 0 Å². The highest BCUT2D eigenvalue weighted by Gasteiger charge is 2.18. The lowest BCUT2D eigenvalue weighted by atomic mass is 10.1. The Bertz CT molecular complexity index is 287. The number of carbonyl (C=O) groups excluding carboxylic acids is 2. The Morgan fingerprint density at radius 3 is 2.47 bits per heavy atom. The van der Waals surface area contributed by atoms with Crippen molar-refractivity contribution < 1.29 is 19.4 Å². The lowest BCUT2D eigenvalue weighted by molar-refractivity contribution is -0.140. The van der Waals surface area contributed by atoms with E-state index in [-0.39, 0.29) is 18.4 Å². The number of nitrogens with one attached hydrogen (secondary N) is 1. The maximum absolute atomic E-state index is 11.7. The molecule has 0 aromatic heterocycles. The first-order valence-electron chi connectivity index (χ1n) is 6.56. The van der Waals surface area contributed by atoms with Crippen molar-refractivity contribution in [1.82, 2.24) is 10.2 Å². The van der Waals surface area contributed by atoms with Crippen molar-refractivity contribution >= 4 is 11.9 Å².